The van der Waals surface area contributed by atoms with E-state index < -0.39 is 0 Å². The molecule has 2 rings (SSSR count). The molecule has 5 heteroatoms. The first-order chi connectivity index (χ1) is 9.36. The highest BCUT2D eigenvalue weighted by molar-refractivity contribution is 5.91. The summed E-state index contributed by atoms with van der Waals surface area (Å²) in [6, 6.07) is 10.1. The summed E-state index contributed by atoms with van der Waals surface area (Å²) < 4.78 is 5.11. The Morgan fingerprint density at radius 3 is 2.95 bits per heavy atom. The van der Waals surface area contributed by atoms with Gasteiger partial charge in [0, 0.05) is 31.0 Å². The zero-order valence-electron chi connectivity index (χ0n) is 10.9. The number of benzene rings is 1. The Hall–Kier alpha value is -2.19. The molecule has 0 N–H and O–H groups in total. The van der Waals surface area contributed by atoms with Crippen molar-refractivity contribution < 1.29 is 4.74 Å². The van der Waals surface area contributed by atoms with Crippen LogP contribution >= 0.6 is 0 Å². The number of aromatic nitrogens is 2. The van der Waals surface area contributed by atoms with Crippen LogP contribution in [0.1, 0.15) is 6.42 Å². The van der Waals surface area contributed by atoms with Crippen molar-refractivity contribution in [1.29, 1.82) is 5.26 Å². The second-order valence-electron chi connectivity index (χ2n) is 4.14. The summed E-state index contributed by atoms with van der Waals surface area (Å²) in [7, 11) is 1.66. The molecule has 19 heavy (non-hydrogen) atoms. The molecule has 98 valence electrons. The minimum Gasteiger partial charge on any atom is -0.383 e. The molecule has 1 aromatic heterocycles. The second-order valence-corrected chi connectivity index (χ2v) is 4.14. The molecule has 0 bridgehead atoms. The van der Waals surface area contributed by atoms with E-state index in [1.165, 1.54) is 0 Å². The normalized spacial score (nSPS) is 10.3. The van der Waals surface area contributed by atoms with Gasteiger partial charge in [-0.1, -0.05) is 24.3 Å². The summed E-state index contributed by atoms with van der Waals surface area (Å²) in [4.78, 5) is 2.04. The zero-order valence-corrected chi connectivity index (χ0v) is 10.9. The van der Waals surface area contributed by atoms with Crippen molar-refractivity contribution in [2.75, 3.05) is 31.7 Å². The van der Waals surface area contributed by atoms with E-state index in [9.17, 15) is 0 Å². The quantitative estimate of drug-likeness (QED) is 0.791. The fraction of sp³-hybridized carbons (Fsp3) is 0.357. The summed E-state index contributed by atoms with van der Waals surface area (Å²) in [6.45, 7) is 1.92. The molecule has 0 radical (unpaired) electrons. The predicted octanol–water partition coefficient (Wildman–Crippen LogP) is 2.00. The number of nitriles is 1. The number of nitrogens with zero attached hydrogens (tertiary/aromatic N) is 4. The third kappa shape index (κ3) is 3.18. The van der Waals surface area contributed by atoms with Crippen molar-refractivity contribution in [3.63, 3.8) is 0 Å². The first-order valence-electron chi connectivity index (χ1n) is 6.18. The van der Waals surface area contributed by atoms with Crippen LogP contribution in [0.25, 0.3) is 10.8 Å². The molecule has 1 heterocycles. The molecule has 2 aromatic rings. The molecule has 0 aliphatic heterocycles. The highest BCUT2D eigenvalue weighted by Crippen LogP contribution is 2.23. The minimum atomic E-state index is 0.453. The second kappa shape index (κ2) is 6.66. The molecule has 0 saturated heterocycles. The van der Waals surface area contributed by atoms with Crippen LogP contribution in [-0.2, 0) is 4.74 Å². The summed E-state index contributed by atoms with van der Waals surface area (Å²) in [6.07, 6.45) is 2.20. The molecule has 1 aromatic carbocycles. The van der Waals surface area contributed by atoms with Crippen LogP contribution in [0.5, 0.6) is 0 Å². The van der Waals surface area contributed by atoms with Crippen LogP contribution in [0.4, 0.5) is 5.82 Å². The smallest absolute Gasteiger partial charge is 0.159 e. The van der Waals surface area contributed by atoms with Gasteiger partial charge in [0.15, 0.2) is 5.82 Å². The highest BCUT2D eigenvalue weighted by Gasteiger charge is 2.11. The minimum absolute atomic E-state index is 0.453. The van der Waals surface area contributed by atoms with Crippen molar-refractivity contribution in [3.8, 4) is 6.07 Å². The molecule has 0 atom stereocenters. The van der Waals surface area contributed by atoms with Crippen molar-refractivity contribution in [3.05, 3.63) is 30.5 Å². The van der Waals surface area contributed by atoms with Gasteiger partial charge in [0.2, 0.25) is 0 Å². The third-order valence-electron chi connectivity index (χ3n) is 2.91. The first-order valence-corrected chi connectivity index (χ1v) is 6.18. The van der Waals surface area contributed by atoms with Gasteiger partial charge >= 0.3 is 0 Å². The van der Waals surface area contributed by atoms with E-state index in [0.29, 0.717) is 26.1 Å². The average Bonchev–Trinajstić information content (AvgIpc) is 2.47. The van der Waals surface area contributed by atoms with Crippen LogP contribution < -0.4 is 4.90 Å². The maximum atomic E-state index is 8.76. The van der Waals surface area contributed by atoms with E-state index in [-0.39, 0.29) is 0 Å². The fourth-order valence-corrected chi connectivity index (χ4v) is 1.96. The molecule has 0 spiro atoms. The van der Waals surface area contributed by atoms with Gasteiger partial charge in [-0.2, -0.15) is 10.4 Å². The maximum Gasteiger partial charge on any atom is 0.159 e. The monoisotopic (exact) mass is 256 g/mol. The number of hydrogen-bond acceptors (Lipinski definition) is 5. The Kier molecular flexibility index (Phi) is 4.65. The standard InChI is InChI=1S/C14H16N4O/c1-19-10-9-18(8-4-7-15)14-13-6-3-2-5-12(13)11-16-17-14/h2-3,5-6,11H,4,8-10H2,1H3. The lowest BCUT2D eigenvalue weighted by atomic mass is 10.2. The topological polar surface area (TPSA) is 62.0 Å². The zero-order chi connectivity index (χ0) is 13.5. The van der Waals surface area contributed by atoms with E-state index in [4.69, 9.17) is 10.00 Å². The van der Waals surface area contributed by atoms with Gasteiger partial charge in [0.1, 0.15) is 0 Å². The molecule has 0 amide bonds. The molecular weight excluding hydrogens is 240 g/mol. The van der Waals surface area contributed by atoms with E-state index in [0.717, 1.165) is 16.6 Å². The fourth-order valence-electron chi connectivity index (χ4n) is 1.96. The largest absolute Gasteiger partial charge is 0.383 e. The number of anilines is 1. The Labute approximate surface area is 112 Å². The SMILES string of the molecule is COCCN(CCC#N)c1nncc2ccccc12. The van der Waals surface area contributed by atoms with Gasteiger partial charge in [-0.25, -0.2) is 0 Å². The van der Waals surface area contributed by atoms with Gasteiger partial charge in [-0.3, -0.25) is 0 Å². The van der Waals surface area contributed by atoms with Crippen molar-refractivity contribution in [2.24, 2.45) is 0 Å². The Morgan fingerprint density at radius 2 is 2.16 bits per heavy atom. The molecule has 0 aliphatic rings. The van der Waals surface area contributed by atoms with Crippen LogP contribution in [0, 0.1) is 11.3 Å². The molecule has 0 fully saturated rings. The molecule has 5 nitrogen and oxygen atoms in total. The van der Waals surface area contributed by atoms with E-state index >= 15 is 0 Å². The van der Waals surface area contributed by atoms with Crippen LogP contribution in [0.2, 0.25) is 0 Å². The van der Waals surface area contributed by atoms with Gasteiger partial charge in [-0.15, -0.1) is 5.10 Å². The number of methoxy groups -OCH3 is 1. The van der Waals surface area contributed by atoms with E-state index in [2.05, 4.69) is 16.3 Å². The summed E-state index contributed by atoms with van der Waals surface area (Å²) >= 11 is 0. The lowest BCUT2D eigenvalue weighted by Crippen LogP contribution is -2.29. The molecular formula is C14H16N4O. The van der Waals surface area contributed by atoms with Gasteiger partial charge < -0.3 is 9.64 Å². The third-order valence-corrected chi connectivity index (χ3v) is 2.91. The lowest BCUT2D eigenvalue weighted by Gasteiger charge is -2.22. The number of hydrogen-bond donors (Lipinski definition) is 0. The van der Waals surface area contributed by atoms with Crippen molar-refractivity contribution >= 4 is 16.6 Å². The van der Waals surface area contributed by atoms with Gasteiger partial charge in [-0.05, 0) is 0 Å². The van der Waals surface area contributed by atoms with Crippen molar-refractivity contribution in [1.82, 2.24) is 10.2 Å². The Bertz CT molecular complexity index is 574. The highest BCUT2D eigenvalue weighted by atomic mass is 16.5. The summed E-state index contributed by atoms with van der Waals surface area (Å²) in [5.41, 5.74) is 0. The molecule has 0 saturated carbocycles. The number of fused-ring (bicyclic) bond motifs is 1. The van der Waals surface area contributed by atoms with Gasteiger partial charge in [0.05, 0.1) is 25.3 Å². The van der Waals surface area contributed by atoms with Crippen LogP contribution in [0.3, 0.4) is 0 Å². The molecule has 0 aliphatic carbocycles. The van der Waals surface area contributed by atoms with Crippen molar-refractivity contribution in [2.45, 2.75) is 6.42 Å². The number of ether oxygens (including phenoxy) is 1. The first kappa shape index (κ1) is 13.2. The Morgan fingerprint density at radius 1 is 1.32 bits per heavy atom. The maximum absolute atomic E-state index is 8.76. The molecule has 0 unspecified atom stereocenters. The van der Waals surface area contributed by atoms with Crippen LogP contribution in [0.15, 0.2) is 30.5 Å². The summed E-state index contributed by atoms with van der Waals surface area (Å²) in [5, 5.41) is 19.1. The van der Waals surface area contributed by atoms with E-state index in [1.54, 1.807) is 13.3 Å². The average molecular weight is 256 g/mol. The number of rotatable bonds is 6. The lowest BCUT2D eigenvalue weighted by molar-refractivity contribution is 0.205. The van der Waals surface area contributed by atoms with Crippen LogP contribution in [-0.4, -0.2) is 37.0 Å². The van der Waals surface area contributed by atoms with E-state index in [1.807, 2.05) is 29.2 Å². The predicted molar refractivity (Wildman–Crippen MR) is 73.9 cm³/mol. The Balaban J connectivity index is 2.34. The summed E-state index contributed by atoms with van der Waals surface area (Å²) in [5.74, 6) is 0.811. The van der Waals surface area contributed by atoms with Gasteiger partial charge in [0.25, 0.3) is 0 Å².